The topological polar surface area (TPSA) is 56.2 Å². The number of nitrogens with two attached hydrogens (primary N) is 1. The van der Waals surface area contributed by atoms with Crippen molar-refractivity contribution in [3.05, 3.63) is 48.4 Å². The zero-order valence-electron chi connectivity index (χ0n) is 8.84. The molecule has 0 spiro atoms. The number of fused-ring (bicyclic) bond motifs is 1. The molecule has 2 N–H and O–H groups in total. The second-order valence-electron chi connectivity index (χ2n) is 3.70. The van der Waals surface area contributed by atoms with E-state index in [4.69, 9.17) is 5.73 Å². The Bertz CT molecular complexity index is 690. The van der Waals surface area contributed by atoms with Crippen LogP contribution in [0.3, 0.4) is 0 Å². The summed E-state index contributed by atoms with van der Waals surface area (Å²) in [5.41, 5.74) is 7.82. The van der Waals surface area contributed by atoms with Crippen LogP contribution >= 0.6 is 0 Å². The highest BCUT2D eigenvalue weighted by molar-refractivity contribution is 5.64. The molecule has 2 aromatic heterocycles. The fraction of sp³-hybridized carbons (Fsp3) is 0. The third-order valence-corrected chi connectivity index (χ3v) is 2.51. The van der Waals surface area contributed by atoms with Crippen LogP contribution in [0.25, 0.3) is 16.8 Å². The van der Waals surface area contributed by atoms with E-state index in [9.17, 15) is 4.39 Å². The molecule has 0 atom stereocenters. The van der Waals surface area contributed by atoms with Crippen molar-refractivity contribution in [1.82, 2.24) is 14.6 Å². The van der Waals surface area contributed by atoms with Gasteiger partial charge < -0.3 is 5.73 Å². The normalized spacial score (nSPS) is 10.9. The van der Waals surface area contributed by atoms with E-state index >= 15 is 0 Å². The maximum absolute atomic E-state index is 13.1. The van der Waals surface area contributed by atoms with Gasteiger partial charge in [0.2, 0.25) is 5.95 Å². The third-order valence-electron chi connectivity index (χ3n) is 2.51. The van der Waals surface area contributed by atoms with Gasteiger partial charge in [0, 0.05) is 11.8 Å². The lowest BCUT2D eigenvalue weighted by Crippen LogP contribution is -1.90. The minimum atomic E-state index is -0.263. The molecule has 0 saturated heterocycles. The Balaban J connectivity index is 2.17. The van der Waals surface area contributed by atoms with Gasteiger partial charge in [0.1, 0.15) is 5.82 Å². The van der Waals surface area contributed by atoms with E-state index in [1.165, 1.54) is 12.1 Å². The predicted octanol–water partition coefficient (Wildman–Crippen LogP) is 2.12. The van der Waals surface area contributed by atoms with Crippen molar-refractivity contribution < 1.29 is 4.39 Å². The molecule has 5 heteroatoms. The molecular weight excluding hydrogens is 219 g/mol. The molecule has 17 heavy (non-hydrogen) atoms. The van der Waals surface area contributed by atoms with Crippen LogP contribution in [0.1, 0.15) is 0 Å². The van der Waals surface area contributed by atoms with Crippen molar-refractivity contribution in [2.75, 3.05) is 5.73 Å². The van der Waals surface area contributed by atoms with Crippen molar-refractivity contribution in [2.24, 2.45) is 0 Å². The number of hydrogen-bond acceptors (Lipinski definition) is 3. The molecule has 3 rings (SSSR count). The lowest BCUT2D eigenvalue weighted by molar-refractivity contribution is 0.628. The van der Waals surface area contributed by atoms with Crippen LogP contribution in [-0.4, -0.2) is 14.6 Å². The van der Waals surface area contributed by atoms with Crippen LogP contribution in [0.5, 0.6) is 0 Å². The smallest absolute Gasteiger partial charge is 0.240 e. The van der Waals surface area contributed by atoms with Gasteiger partial charge in [-0.3, -0.25) is 0 Å². The monoisotopic (exact) mass is 228 g/mol. The van der Waals surface area contributed by atoms with E-state index in [-0.39, 0.29) is 11.8 Å². The molecule has 0 aliphatic carbocycles. The Morgan fingerprint density at radius 3 is 2.82 bits per heavy atom. The van der Waals surface area contributed by atoms with Crippen molar-refractivity contribution in [3.8, 4) is 11.1 Å². The van der Waals surface area contributed by atoms with Crippen molar-refractivity contribution in [1.29, 1.82) is 0 Å². The molecule has 0 aliphatic rings. The average Bonchev–Trinajstić information content (AvgIpc) is 2.68. The Hall–Kier alpha value is -2.43. The number of aromatic nitrogens is 3. The standard InChI is InChI=1S/C12H9FN4/c13-10-3-1-2-8(6-10)9-4-5-11-15-12(14)16-17(11)7-9/h1-7H,(H2,14,16). The van der Waals surface area contributed by atoms with Crippen molar-refractivity contribution in [2.45, 2.75) is 0 Å². The minimum absolute atomic E-state index is 0.224. The van der Waals surface area contributed by atoms with Crippen LogP contribution in [-0.2, 0) is 0 Å². The summed E-state index contributed by atoms with van der Waals surface area (Å²) in [7, 11) is 0. The number of anilines is 1. The minimum Gasteiger partial charge on any atom is -0.366 e. The zero-order valence-corrected chi connectivity index (χ0v) is 8.84. The molecule has 0 bridgehead atoms. The van der Waals surface area contributed by atoms with Gasteiger partial charge in [0.15, 0.2) is 5.65 Å². The highest BCUT2D eigenvalue weighted by Gasteiger charge is 2.03. The predicted molar refractivity (Wildman–Crippen MR) is 62.8 cm³/mol. The highest BCUT2D eigenvalue weighted by atomic mass is 19.1. The van der Waals surface area contributed by atoms with Crippen LogP contribution in [0.15, 0.2) is 42.6 Å². The maximum Gasteiger partial charge on any atom is 0.240 e. The van der Waals surface area contributed by atoms with Gasteiger partial charge in [0.05, 0.1) is 0 Å². The van der Waals surface area contributed by atoms with Gasteiger partial charge in [-0.05, 0) is 29.8 Å². The number of rotatable bonds is 1. The third kappa shape index (κ3) is 1.71. The molecule has 0 aliphatic heterocycles. The summed E-state index contributed by atoms with van der Waals surface area (Å²) < 4.78 is 14.7. The first kappa shape index (κ1) is 9.77. The fourth-order valence-electron chi connectivity index (χ4n) is 1.74. The maximum atomic E-state index is 13.1. The van der Waals surface area contributed by atoms with Crippen molar-refractivity contribution >= 4 is 11.6 Å². The van der Waals surface area contributed by atoms with Crippen LogP contribution in [0, 0.1) is 5.82 Å². The first-order valence-electron chi connectivity index (χ1n) is 5.10. The largest absolute Gasteiger partial charge is 0.366 e. The summed E-state index contributed by atoms with van der Waals surface area (Å²) in [6, 6.07) is 10.0. The van der Waals surface area contributed by atoms with Gasteiger partial charge in [-0.25, -0.2) is 8.91 Å². The van der Waals surface area contributed by atoms with E-state index < -0.39 is 0 Å². The van der Waals surface area contributed by atoms with Gasteiger partial charge >= 0.3 is 0 Å². The second-order valence-corrected chi connectivity index (χ2v) is 3.70. The number of pyridine rings is 1. The Kier molecular flexibility index (Phi) is 2.04. The molecule has 0 radical (unpaired) electrons. The molecule has 0 unspecified atom stereocenters. The van der Waals surface area contributed by atoms with E-state index in [1.54, 1.807) is 22.8 Å². The number of nitrogen functional groups attached to an aromatic ring is 1. The quantitative estimate of drug-likeness (QED) is 0.694. The zero-order chi connectivity index (χ0) is 11.8. The van der Waals surface area contributed by atoms with Crippen LogP contribution < -0.4 is 5.73 Å². The van der Waals surface area contributed by atoms with E-state index in [0.717, 1.165) is 11.1 Å². The summed E-state index contributed by atoms with van der Waals surface area (Å²) >= 11 is 0. The van der Waals surface area contributed by atoms with Crippen molar-refractivity contribution in [3.63, 3.8) is 0 Å². The van der Waals surface area contributed by atoms with Crippen LogP contribution in [0.4, 0.5) is 10.3 Å². The Morgan fingerprint density at radius 2 is 2.00 bits per heavy atom. The molecule has 0 amide bonds. The number of benzene rings is 1. The molecule has 2 heterocycles. The first-order chi connectivity index (χ1) is 8.22. The number of hydrogen-bond donors (Lipinski definition) is 1. The first-order valence-corrected chi connectivity index (χ1v) is 5.10. The summed E-state index contributed by atoms with van der Waals surface area (Å²) in [4.78, 5) is 4.02. The summed E-state index contributed by atoms with van der Waals surface area (Å²) in [5, 5.41) is 4.01. The van der Waals surface area contributed by atoms with Gasteiger partial charge in [-0.1, -0.05) is 12.1 Å². The van der Waals surface area contributed by atoms with Gasteiger partial charge in [-0.15, -0.1) is 5.10 Å². The van der Waals surface area contributed by atoms with E-state index in [1.807, 2.05) is 12.1 Å². The van der Waals surface area contributed by atoms with E-state index in [2.05, 4.69) is 10.1 Å². The lowest BCUT2D eigenvalue weighted by Gasteiger charge is -2.01. The summed E-state index contributed by atoms with van der Waals surface area (Å²) in [6.45, 7) is 0. The Labute approximate surface area is 96.5 Å². The van der Waals surface area contributed by atoms with Gasteiger partial charge in [0.25, 0.3) is 0 Å². The fourth-order valence-corrected chi connectivity index (χ4v) is 1.74. The summed E-state index contributed by atoms with van der Waals surface area (Å²) in [6.07, 6.45) is 1.77. The van der Waals surface area contributed by atoms with E-state index in [0.29, 0.717) is 5.65 Å². The summed E-state index contributed by atoms with van der Waals surface area (Å²) in [5.74, 6) is -0.0397. The molecule has 4 nitrogen and oxygen atoms in total. The number of halogens is 1. The molecule has 0 saturated carbocycles. The molecule has 1 aromatic carbocycles. The Morgan fingerprint density at radius 1 is 1.12 bits per heavy atom. The molecular formula is C12H9FN4. The molecule has 84 valence electrons. The molecule has 0 fully saturated rings. The lowest BCUT2D eigenvalue weighted by atomic mass is 10.1. The highest BCUT2D eigenvalue weighted by Crippen LogP contribution is 2.20. The van der Waals surface area contributed by atoms with Gasteiger partial charge in [-0.2, -0.15) is 4.98 Å². The molecule has 3 aromatic rings. The average molecular weight is 228 g/mol. The SMILES string of the molecule is Nc1nc2ccc(-c3cccc(F)c3)cn2n1. The second kappa shape index (κ2) is 3.55. The van der Waals surface area contributed by atoms with Crippen LogP contribution in [0.2, 0.25) is 0 Å². The number of nitrogens with zero attached hydrogens (tertiary/aromatic N) is 3.